The molecule has 1 aromatic heterocycles. The second kappa shape index (κ2) is 15.5. The summed E-state index contributed by atoms with van der Waals surface area (Å²) in [6, 6.07) is 3.82. The van der Waals surface area contributed by atoms with Crippen molar-refractivity contribution >= 4 is 54.4 Å². The lowest BCUT2D eigenvalue weighted by Crippen LogP contribution is -2.35. The minimum atomic E-state index is -4.76. The van der Waals surface area contributed by atoms with Crippen molar-refractivity contribution in [1.29, 1.82) is 0 Å². The molecular formula is C31H29ClF6N2O10S2. The molecule has 0 aliphatic heterocycles. The Labute approximate surface area is 296 Å². The molecule has 284 valence electrons. The maximum absolute atomic E-state index is 12.8. The molecule has 0 unspecified atom stereocenters. The number of aromatic amines is 1. The van der Waals surface area contributed by atoms with Crippen LogP contribution < -0.4 is 5.56 Å². The van der Waals surface area contributed by atoms with Crippen LogP contribution in [0.1, 0.15) is 62.4 Å². The van der Waals surface area contributed by atoms with Gasteiger partial charge in [0.2, 0.25) is 5.78 Å². The number of hydrogen-bond acceptors (Lipinski definition) is 10. The summed E-state index contributed by atoms with van der Waals surface area (Å²) < 4.78 is 128. The average molecular weight is 803 g/mol. The SMILES string of the molecule is CS(=O)(=O)c1ccc(C(=O)C2C(=O)CCCC2=O)c(Cl)c1COCC(F)(F)F.Cc1[nH]n(C)c(=O)c1C(=O)c1ccc(C(F)(F)F)cc1S(C)(=O)=O. The van der Waals surface area contributed by atoms with Gasteiger partial charge in [0.25, 0.3) is 5.56 Å². The van der Waals surface area contributed by atoms with E-state index in [1.54, 1.807) is 0 Å². The number of hydrogen-bond donors (Lipinski definition) is 1. The number of benzene rings is 2. The van der Waals surface area contributed by atoms with E-state index < -0.39 is 106 Å². The second-order valence-corrected chi connectivity index (χ2v) is 16.0. The number of halogens is 7. The number of aromatic nitrogens is 2. The zero-order valence-corrected chi connectivity index (χ0v) is 29.9. The number of sulfone groups is 2. The maximum atomic E-state index is 12.8. The molecule has 4 rings (SSSR count). The third-order valence-electron chi connectivity index (χ3n) is 7.54. The first-order valence-electron chi connectivity index (χ1n) is 14.6. The quantitative estimate of drug-likeness (QED) is 0.182. The normalized spacial score (nSPS) is 14.6. The lowest BCUT2D eigenvalue weighted by molar-refractivity contribution is -0.176. The van der Waals surface area contributed by atoms with Crippen molar-refractivity contribution in [2.24, 2.45) is 13.0 Å². The van der Waals surface area contributed by atoms with E-state index in [2.05, 4.69) is 9.84 Å². The van der Waals surface area contributed by atoms with E-state index in [-0.39, 0.29) is 35.2 Å². The van der Waals surface area contributed by atoms with E-state index in [9.17, 15) is 67.2 Å². The van der Waals surface area contributed by atoms with Gasteiger partial charge in [0.15, 0.2) is 37.0 Å². The number of ether oxygens (including phenoxy) is 1. The van der Waals surface area contributed by atoms with Crippen molar-refractivity contribution in [1.82, 2.24) is 9.78 Å². The minimum Gasteiger partial charge on any atom is -0.367 e. The Morgan fingerprint density at radius 3 is 1.90 bits per heavy atom. The number of H-pyrrole nitrogens is 1. The van der Waals surface area contributed by atoms with E-state index in [1.807, 2.05) is 0 Å². The average Bonchev–Trinajstić information content (AvgIpc) is 3.25. The van der Waals surface area contributed by atoms with Crippen molar-refractivity contribution in [2.75, 3.05) is 19.1 Å². The van der Waals surface area contributed by atoms with Gasteiger partial charge in [-0.1, -0.05) is 11.6 Å². The van der Waals surface area contributed by atoms with Crippen molar-refractivity contribution in [2.45, 2.75) is 54.9 Å². The summed E-state index contributed by atoms with van der Waals surface area (Å²) in [6.07, 6.45) is -7.47. The molecule has 1 saturated carbocycles. The molecular weight excluding hydrogens is 774 g/mol. The Bertz CT molecular complexity index is 2210. The molecule has 2 aromatic carbocycles. The third kappa shape index (κ3) is 9.84. The fraction of sp³-hybridized carbons (Fsp3) is 0.387. The summed E-state index contributed by atoms with van der Waals surface area (Å²) in [7, 11) is -6.67. The molecule has 0 atom stereocenters. The smallest absolute Gasteiger partial charge is 0.367 e. The van der Waals surface area contributed by atoms with Gasteiger partial charge in [-0.2, -0.15) is 26.3 Å². The van der Waals surface area contributed by atoms with Crippen LogP contribution in [0, 0.1) is 12.8 Å². The van der Waals surface area contributed by atoms with E-state index in [0.29, 0.717) is 24.8 Å². The Morgan fingerprint density at radius 2 is 1.44 bits per heavy atom. The van der Waals surface area contributed by atoms with Gasteiger partial charge in [-0.25, -0.2) is 16.8 Å². The first kappa shape index (κ1) is 42.3. The van der Waals surface area contributed by atoms with E-state index in [1.165, 1.54) is 14.0 Å². The fourth-order valence-electron chi connectivity index (χ4n) is 5.18. The largest absolute Gasteiger partial charge is 0.416 e. The third-order valence-corrected chi connectivity index (χ3v) is 10.3. The topological polar surface area (TPSA) is 184 Å². The van der Waals surface area contributed by atoms with Crippen LogP contribution in [0.25, 0.3) is 0 Å². The van der Waals surface area contributed by atoms with Crippen molar-refractivity contribution in [3.8, 4) is 0 Å². The number of carbonyl (C=O) groups excluding carboxylic acids is 4. The number of Topliss-reactive ketones (excluding diaryl/α,β-unsaturated/α-hetero) is 3. The monoisotopic (exact) mass is 802 g/mol. The molecule has 52 heavy (non-hydrogen) atoms. The van der Waals surface area contributed by atoms with Gasteiger partial charge in [0.05, 0.1) is 27.0 Å². The number of nitrogens with zero attached hydrogens (tertiary/aromatic N) is 1. The van der Waals surface area contributed by atoms with Crippen molar-refractivity contribution < 1.29 is 67.1 Å². The number of rotatable bonds is 9. The van der Waals surface area contributed by atoms with Crippen LogP contribution in [0.3, 0.4) is 0 Å². The molecule has 21 heteroatoms. The Balaban J connectivity index is 0.000000284. The molecule has 1 N–H and O–H groups in total. The van der Waals surface area contributed by atoms with Gasteiger partial charge in [0, 0.05) is 54.8 Å². The number of ketones is 4. The first-order valence-corrected chi connectivity index (χ1v) is 18.8. The highest BCUT2D eigenvalue weighted by Crippen LogP contribution is 2.34. The van der Waals surface area contributed by atoms with Gasteiger partial charge in [-0.05, 0) is 43.7 Å². The number of nitrogens with one attached hydrogen (secondary N) is 1. The maximum Gasteiger partial charge on any atom is 0.416 e. The van der Waals surface area contributed by atoms with Crippen LogP contribution >= 0.6 is 11.6 Å². The molecule has 0 bridgehead atoms. The van der Waals surface area contributed by atoms with Crippen LogP contribution in [0.15, 0.2) is 44.9 Å². The van der Waals surface area contributed by atoms with Gasteiger partial charge < -0.3 is 4.74 Å². The predicted octanol–water partition coefficient (Wildman–Crippen LogP) is 4.62. The van der Waals surface area contributed by atoms with E-state index in [4.69, 9.17) is 11.6 Å². The summed E-state index contributed by atoms with van der Waals surface area (Å²) >= 11 is 6.11. The summed E-state index contributed by atoms with van der Waals surface area (Å²) in [4.78, 5) is 60.0. The lowest BCUT2D eigenvalue weighted by atomic mass is 9.81. The second-order valence-electron chi connectivity index (χ2n) is 11.7. The number of alkyl halides is 6. The van der Waals surface area contributed by atoms with Crippen LogP contribution in [-0.2, 0) is 53.8 Å². The Kier molecular flexibility index (Phi) is 12.6. The van der Waals surface area contributed by atoms with Crippen molar-refractivity contribution in [3.63, 3.8) is 0 Å². The first-order chi connectivity index (χ1) is 23.7. The molecule has 0 amide bonds. The van der Waals surface area contributed by atoms with Gasteiger partial charge in [0.1, 0.15) is 18.1 Å². The molecule has 1 heterocycles. The van der Waals surface area contributed by atoms with Crippen LogP contribution in [0.2, 0.25) is 5.02 Å². The highest BCUT2D eigenvalue weighted by Gasteiger charge is 2.38. The molecule has 0 radical (unpaired) electrons. The Morgan fingerprint density at radius 1 is 0.904 bits per heavy atom. The minimum absolute atomic E-state index is 0.0444. The zero-order valence-electron chi connectivity index (χ0n) is 27.5. The van der Waals surface area contributed by atoms with Gasteiger partial charge in [-0.15, -0.1) is 0 Å². The van der Waals surface area contributed by atoms with E-state index >= 15 is 0 Å². The highest BCUT2D eigenvalue weighted by atomic mass is 35.5. The zero-order chi connectivity index (χ0) is 39.7. The molecule has 1 aliphatic rings. The van der Waals surface area contributed by atoms with Gasteiger partial charge in [-0.3, -0.25) is 33.8 Å². The van der Waals surface area contributed by atoms with Gasteiger partial charge >= 0.3 is 12.4 Å². The molecule has 3 aromatic rings. The lowest BCUT2D eigenvalue weighted by Gasteiger charge is -2.20. The van der Waals surface area contributed by atoms with Crippen LogP contribution in [0.5, 0.6) is 0 Å². The molecule has 0 saturated heterocycles. The summed E-state index contributed by atoms with van der Waals surface area (Å²) in [5.74, 6) is -4.54. The van der Waals surface area contributed by atoms with E-state index in [0.717, 1.165) is 29.1 Å². The number of aryl methyl sites for hydroxylation is 2. The standard InChI is InChI=1S/C17H16ClF3O6S.C14H13F3N2O4S/c1-28(25,26)13-6-5-9(15(18)10(13)7-27-8-17(19,20)21)16(24)14-11(22)3-2-4-12(14)23;1-7-11(13(21)19(2)18-7)12(20)9-5-4-8(14(15,16)17)6-10(9)24(3,22)23/h5-6,14H,2-4,7-8H2,1H3;4-6,18H,1-3H3. The molecule has 0 spiro atoms. The molecule has 12 nitrogen and oxygen atoms in total. The van der Waals surface area contributed by atoms with Crippen LogP contribution in [-0.4, -0.2) is 75.0 Å². The summed E-state index contributed by atoms with van der Waals surface area (Å²) in [5.41, 5.74) is -3.16. The molecule has 1 fully saturated rings. The highest BCUT2D eigenvalue weighted by molar-refractivity contribution is 7.91. The predicted molar refractivity (Wildman–Crippen MR) is 171 cm³/mol. The van der Waals surface area contributed by atoms with Crippen molar-refractivity contribution in [3.05, 3.63) is 79.2 Å². The fourth-order valence-corrected chi connectivity index (χ4v) is 7.37. The molecule has 1 aliphatic carbocycles. The summed E-state index contributed by atoms with van der Waals surface area (Å²) in [6.45, 7) is -1.04. The van der Waals surface area contributed by atoms with Crippen LogP contribution in [0.4, 0.5) is 26.3 Å². The number of carbonyl (C=O) groups is 4. The Hall–Kier alpha value is -4.14. The summed E-state index contributed by atoms with van der Waals surface area (Å²) in [5, 5.41) is 2.12.